The Morgan fingerprint density at radius 2 is 1.90 bits per heavy atom. The molecule has 3 rings (SSSR count). The van der Waals surface area contributed by atoms with E-state index in [2.05, 4.69) is 15.5 Å². The summed E-state index contributed by atoms with van der Waals surface area (Å²) in [5.74, 6) is 1.73. The van der Waals surface area contributed by atoms with E-state index in [9.17, 15) is 9.59 Å². The van der Waals surface area contributed by atoms with Crippen molar-refractivity contribution in [1.29, 1.82) is 0 Å². The molecule has 1 amide bonds. The fourth-order valence-corrected chi connectivity index (χ4v) is 3.78. The molecule has 3 aromatic rings. The van der Waals surface area contributed by atoms with Gasteiger partial charge in [-0.05, 0) is 18.6 Å². The van der Waals surface area contributed by atoms with E-state index >= 15 is 0 Å². The van der Waals surface area contributed by atoms with Gasteiger partial charge in [-0.3, -0.25) is 14.2 Å². The zero-order valence-electron chi connectivity index (χ0n) is 17.0. The molecule has 1 N–H and O–H groups in total. The monoisotopic (exact) mass is 424 g/mol. The summed E-state index contributed by atoms with van der Waals surface area (Å²) in [5.41, 5.74) is 1.54. The summed E-state index contributed by atoms with van der Waals surface area (Å²) in [7, 11) is 1.62. The molecular weight excluding hydrogens is 400 g/mol. The van der Waals surface area contributed by atoms with Crippen LogP contribution in [0, 0.1) is 0 Å². The molecule has 0 fully saturated rings. The summed E-state index contributed by atoms with van der Waals surface area (Å²) in [4.78, 5) is 23.6. The Kier molecular flexibility index (Phi) is 7.62. The van der Waals surface area contributed by atoms with Crippen LogP contribution in [-0.2, 0) is 11.2 Å². The van der Waals surface area contributed by atoms with E-state index in [0.29, 0.717) is 23.7 Å². The zero-order valence-corrected chi connectivity index (χ0v) is 17.8. The van der Waals surface area contributed by atoms with Gasteiger partial charge in [0.1, 0.15) is 11.6 Å². The van der Waals surface area contributed by atoms with E-state index in [1.165, 1.54) is 18.7 Å². The molecular formula is C22H24N4O3S. The SMILES string of the molecule is COc1cccc(-n2c(CCCNC(C)=O)nnc2SCC(=O)c2ccccc2)c1. The molecule has 0 aliphatic heterocycles. The number of benzene rings is 2. The molecule has 0 bridgehead atoms. The topological polar surface area (TPSA) is 86.1 Å². The van der Waals surface area contributed by atoms with Crippen LogP contribution in [0.3, 0.4) is 0 Å². The van der Waals surface area contributed by atoms with Crippen LogP contribution in [0.15, 0.2) is 59.8 Å². The third-order valence-corrected chi connectivity index (χ3v) is 5.32. The van der Waals surface area contributed by atoms with Gasteiger partial charge in [0.25, 0.3) is 0 Å². The molecule has 1 aromatic heterocycles. The highest BCUT2D eigenvalue weighted by Crippen LogP contribution is 2.25. The van der Waals surface area contributed by atoms with E-state index < -0.39 is 0 Å². The van der Waals surface area contributed by atoms with Crippen LogP contribution in [-0.4, -0.2) is 45.9 Å². The summed E-state index contributed by atoms with van der Waals surface area (Å²) in [6.07, 6.45) is 1.37. The van der Waals surface area contributed by atoms with Crippen molar-refractivity contribution >= 4 is 23.5 Å². The molecule has 8 heteroatoms. The van der Waals surface area contributed by atoms with Crippen molar-refractivity contribution in [1.82, 2.24) is 20.1 Å². The molecule has 0 aliphatic rings. The first kappa shape index (κ1) is 21.6. The summed E-state index contributed by atoms with van der Waals surface area (Å²) >= 11 is 1.35. The highest BCUT2D eigenvalue weighted by Gasteiger charge is 2.17. The minimum atomic E-state index is -0.0556. The lowest BCUT2D eigenvalue weighted by atomic mass is 10.2. The number of aromatic nitrogens is 3. The molecule has 0 radical (unpaired) electrons. The molecule has 0 spiro atoms. The Balaban J connectivity index is 1.81. The molecule has 2 aromatic carbocycles. The van der Waals surface area contributed by atoms with E-state index in [4.69, 9.17) is 4.74 Å². The molecule has 0 unspecified atom stereocenters. The number of hydrogen-bond acceptors (Lipinski definition) is 6. The minimum Gasteiger partial charge on any atom is -0.497 e. The number of carbonyl (C=O) groups is 2. The Morgan fingerprint density at radius 1 is 1.10 bits per heavy atom. The second kappa shape index (κ2) is 10.6. The Labute approximate surface area is 179 Å². The van der Waals surface area contributed by atoms with Crippen molar-refractivity contribution in [2.75, 3.05) is 19.4 Å². The van der Waals surface area contributed by atoms with Crippen molar-refractivity contribution < 1.29 is 14.3 Å². The van der Waals surface area contributed by atoms with Crippen LogP contribution < -0.4 is 10.1 Å². The molecule has 7 nitrogen and oxygen atoms in total. The lowest BCUT2D eigenvalue weighted by Gasteiger charge is -2.11. The van der Waals surface area contributed by atoms with Crippen LogP contribution in [0.25, 0.3) is 5.69 Å². The van der Waals surface area contributed by atoms with Gasteiger partial charge in [-0.15, -0.1) is 10.2 Å². The van der Waals surface area contributed by atoms with Crippen LogP contribution in [0.5, 0.6) is 5.75 Å². The Hall–Kier alpha value is -3.13. The number of methoxy groups -OCH3 is 1. The maximum Gasteiger partial charge on any atom is 0.216 e. The van der Waals surface area contributed by atoms with Crippen LogP contribution in [0.4, 0.5) is 0 Å². The lowest BCUT2D eigenvalue weighted by molar-refractivity contribution is -0.118. The van der Waals surface area contributed by atoms with Gasteiger partial charge in [0.2, 0.25) is 5.91 Å². The number of amides is 1. The second-order valence-electron chi connectivity index (χ2n) is 6.60. The number of aryl methyl sites for hydroxylation is 1. The Bertz CT molecular complexity index is 1000. The van der Waals surface area contributed by atoms with E-state index in [0.717, 1.165) is 23.7 Å². The maximum atomic E-state index is 12.5. The van der Waals surface area contributed by atoms with Gasteiger partial charge in [0, 0.05) is 31.5 Å². The van der Waals surface area contributed by atoms with E-state index in [1.807, 2.05) is 59.2 Å². The molecule has 0 aliphatic carbocycles. The number of nitrogens with one attached hydrogen (secondary N) is 1. The van der Waals surface area contributed by atoms with Crippen molar-refractivity contribution in [3.63, 3.8) is 0 Å². The molecule has 156 valence electrons. The van der Waals surface area contributed by atoms with Crippen LogP contribution >= 0.6 is 11.8 Å². The smallest absolute Gasteiger partial charge is 0.216 e. The van der Waals surface area contributed by atoms with Crippen molar-refractivity contribution in [3.05, 3.63) is 66.0 Å². The minimum absolute atomic E-state index is 0.0352. The number of thioether (sulfide) groups is 1. The van der Waals surface area contributed by atoms with Gasteiger partial charge in [-0.1, -0.05) is 48.2 Å². The summed E-state index contributed by atoms with van der Waals surface area (Å²) in [6, 6.07) is 16.8. The maximum absolute atomic E-state index is 12.5. The van der Waals surface area contributed by atoms with Gasteiger partial charge in [0.05, 0.1) is 18.6 Å². The van der Waals surface area contributed by atoms with Gasteiger partial charge in [-0.25, -0.2) is 0 Å². The average Bonchev–Trinajstić information content (AvgIpc) is 3.18. The first-order valence-electron chi connectivity index (χ1n) is 9.62. The fraction of sp³-hybridized carbons (Fsp3) is 0.273. The van der Waals surface area contributed by atoms with Gasteiger partial charge < -0.3 is 10.1 Å². The zero-order chi connectivity index (χ0) is 21.3. The number of carbonyl (C=O) groups excluding carboxylic acids is 2. The number of ketones is 1. The highest BCUT2D eigenvalue weighted by molar-refractivity contribution is 7.99. The van der Waals surface area contributed by atoms with Gasteiger partial charge in [0.15, 0.2) is 10.9 Å². The van der Waals surface area contributed by atoms with Crippen molar-refractivity contribution in [3.8, 4) is 11.4 Å². The van der Waals surface area contributed by atoms with E-state index in [1.54, 1.807) is 7.11 Å². The summed E-state index contributed by atoms with van der Waals surface area (Å²) in [6.45, 7) is 2.06. The number of nitrogens with zero attached hydrogens (tertiary/aromatic N) is 3. The summed E-state index contributed by atoms with van der Waals surface area (Å²) < 4.78 is 7.29. The number of ether oxygens (including phenoxy) is 1. The third-order valence-electron chi connectivity index (χ3n) is 4.39. The molecule has 0 saturated heterocycles. The van der Waals surface area contributed by atoms with Crippen LogP contribution in [0.2, 0.25) is 0 Å². The first-order valence-corrected chi connectivity index (χ1v) is 10.6. The Morgan fingerprint density at radius 3 is 2.63 bits per heavy atom. The predicted octanol–water partition coefficient (Wildman–Crippen LogP) is 3.32. The molecule has 30 heavy (non-hydrogen) atoms. The molecule has 1 heterocycles. The highest BCUT2D eigenvalue weighted by atomic mass is 32.2. The second-order valence-corrected chi connectivity index (χ2v) is 7.54. The fourth-order valence-electron chi connectivity index (χ4n) is 2.91. The van der Waals surface area contributed by atoms with Gasteiger partial charge >= 0.3 is 0 Å². The largest absolute Gasteiger partial charge is 0.497 e. The summed E-state index contributed by atoms with van der Waals surface area (Å²) in [5, 5.41) is 12.1. The van der Waals surface area contributed by atoms with Crippen LogP contribution in [0.1, 0.15) is 29.5 Å². The normalized spacial score (nSPS) is 10.6. The average molecular weight is 425 g/mol. The third kappa shape index (κ3) is 5.70. The predicted molar refractivity (Wildman–Crippen MR) is 116 cm³/mol. The number of hydrogen-bond donors (Lipinski definition) is 1. The van der Waals surface area contributed by atoms with E-state index in [-0.39, 0.29) is 17.4 Å². The number of Topliss-reactive ketones (excluding diaryl/α,β-unsaturated/α-hetero) is 1. The first-order chi connectivity index (χ1) is 14.6. The number of rotatable bonds is 10. The quantitative estimate of drug-likeness (QED) is 0.305. The van der Waals surface area contributed by atoms with Gasteiger partial charge in [-0.2, -0.15) is 0 Å². The lowest BCUT2D eigenvalue weighted by Crippen LogP contribution is -2.21. The standard InChI is InChI=1S/C22H24N4O3S/c1-16(27)23-13-7-12-21-24-25-22(26(21)18-10-6-11-19(14-18)29-2)30-15-20(28)17-8-4-3-5-9-17/h3-6,8-11,14H,7,12-13,15H2,1-2H3,(H,23,27). The van der Waals surface area contributed by atoms with Crippen molar-refractivity contribution in [2.45, 2.75) is 24.9 Å². The molecule has 0 atom stereocenters. The molecule has 0 saturated carbocycles. The van der Waals surface area contributed by atoms with Crippen molar-refractivity contribution in [2.24, 2.45) is 0 Å².